The Balaban J connectivity index is 2.30. The van der Waals surface area contributed by atoms with Gasteiger partial charge in [-0.15, -0.1) is 11.6 Å². The third-order valence-electron chi connectivity index (χ3n) is 1.91. The summed E-state index contributed by atoms with van der Waals surface area (Å²) in [6, 6.07) is -0.898. The summed E-state index contributed by atoms with van der Waals surface area (Å²) in [5, 5.41) is 6.34. The highest BCUT2D eigenvalue weighted by Crippen LogP contribution is 1.98. The fourth-order valence-corrected chi connectivity index (χ4v) is 1.19. The molecular formula is C8H12ClN3O3. The number of nitrogens with one attached hydrogen (secondary N) is 3. The lowest BCUT2D eigenvalue weighted by atomic mass is 10.2. The first-order valence-electron chi connectivity index (χ1n) is 4.51. The Hall–Kier alpha value is -1.30. The summed E-state index contributed by atoms with van der Waals surface area (Å²) in [5.41, 5.74) is 0. The number of rotatable bonds is 2. The van der Waals surface area contributed by atoms with E-state index in [0.717, 1.165) is 0 Å². The van der Waals surface area contributed by atoms with Crippen LogP contribution in [0, 0.1) is 0 Å². The molecule has 0 aromatic carbocycles. The molecule has 84 valence electrons. The molecule has 0 radical (unpaired) electrons. The number of alkyl halides is 1. The molecule has 1 fully saturated rings. The lowest BCUT2D eigenvalue weighted by molar-refractivity contribution is -0.119. The van der Waals surface area contributed by atoms with Gasteiger partial charge in [0.15, 0.2) is 0 Å². The van der Waals surface area contributed by atoms with Crippen LogP contribution in [0.5, 0.6) is 0 Å². The smallest absolute Gasteiger partial charge is 0.321 e. The van der Waals surface area contributed by atoms with E-state index in [1.54, 1.807) is 0 Å². The van der Waals surface area contributed by atoms with Gasteiger partial charge in [0, 0.05) is 13.0 Å². The summed E-state index contributed by atoms with van der Waals surface area (Å²) in [6.07, 6.45) is 0.234. The maximum atomic E-state index is 11.2. The van der Waals surface area contributed by atoms with E-state index in [9.17, 15) is 14.4 Å². The number of hydrogen-bond acceptors (Lipinski definition) is 3. The van der Waals surface area contributed by atoms with E-state index in [4.69, 9.17) is 11.6 Å². The average molecular weight is 234 g/mol. The summed E-state index contributed by atoms with van der Waals surface area (Å²) in [6.45, 7) is 1.85. The third kappa shape index (κ3) is 3.75. The van der Waals surface area contributed by atoms with E-state index < -0.39 is 17.3 Å². The molecule has 0 aromatic rings. The van der Waals surface area contributed by atoms with Crippen LogP contribution >= 0.6 is 11.6 Å². The number of urea groups is 1. The van der Waals surface area contributed by atoms with Gasteiger partial charge in [-0.2, -0.15) is 0 Å². The van der Waals surface area contributed by atoms with Crippen LogP contribution in [-0.2, 0) is 9.59 Å². The van der Waals surface area contributed by atoms with Gasteiger partial charge in [0.1, 0.15) is 5.38 Å². The third-order valence-corrected chi connectivity index (χ3v) is 2.11. The van der Waals surface area contributed by atoms with Gasteiger partial charge in [-0.05, 0) is 6.92 Å². The first-order chi connectivity index (χ1) is 6.99. The monoisotopic (exact) mass is 233 g/mol. The molecule has 1 aliphatic heterocycles. The van der Waals surface area contributed by atoms with Crippen molar-refractivity contribution in [2.75, 3.05) is 6.54 Å². The van der Waals surface area contributed by atoms with Crippen molar-refractivity contribution in [2.45, 2.75) is 24.8 Å². The van der Waals surface area contributed by atoms with Crippen molar-refractivity contribution in [1.29, 1.82) is 0 Å². The van der Waals surface area contributed by atoms with Crippen LogP contribution in [0.4, 0.5) is 4.79 Å². The van der Waals surface area contributed by atoms with E-state index in [-0.39, 0.29) is 18.4 Å². The Morgan fingerprint density at radius 2 is 2.27 bits per heavy atom. The normalized spacial score (nSPS) is 21.7. The van der Waals surface area contributed by atoms with Gasteiger partial charge in [0.25, 0.3) is 0 Å². The van der Waals surface area contributed by atoms with E-state index in [0.29, 0.717) is 6.54 Å². The molecule has 1 rings (SSSR count). The second kappa shape index (κ2) is 4.97. The highest BCUT2D eigenvalue weighted by atomic mass is 35.5. The van der Waals surface area contributed by atoms with Crippen molar-refractivity contribution in [3.63, 3.8) is 0 Å². The first-order valence-corrected chi connectivity index (χ1v) is 4.95. The number of carbonyl (C=O) groups excluding carboxylic acids is 3. The Labute approximate surface area is 91.7 Å². The Morgan fingerprint density at radius 3 is 2.73 bits per heavy atom. The van der Waals surface area contributed by atoms with Gasteiger partial charge in [-0.25, -0.2) is 4.79 Å². The molecule has 6 nitrogen and oxygen atoms in total. The van der Waals surface area contributed by atoms with Crippen LogP contribution in [-0.4, -0.2) is 35.8 Å². The number of imide groups is 1. The fourth-order valence-electron chi connectivity index (χ4n) is 1.14. The van der Waals surface area contributed by atoms with Crippen molar-refractivity contribution >= 4 is 29.4 Å². The SMILES string of the molecule is CC(Cl)C(=O)NC(=O)NC1CNC(=O)C1. The minimum absolute atomic E-state index is 0.114. The summed E-state index contributed by atoms with van der Waals surface area (Å²) in [5.74, 6) is -0.677. The first kappa shape index (κ1) is 11.8. The number of hydrogen-bond donors (Lipinski definition) is 3. The maximum absolute atomic E-state index is 11.2. The molecule has 2 atom stereocenters. The Kier molecular flexibility index (Phi) is 3.90. The van der Waals surface area contributed by atoms with E-state index >= 15 is 0 Å². The second-order valence-corrected chi connectivity index (χ2v) is 3.94. The van der Waals surface area contributed by atoms with E-state index in [1.807, 2.05) is 0 Å². The number of halogens is 1. The van der Waals surface area contributed by atoms with Crippen LogP contribution in [0.3, 0.4) is 0 Å². The zero-order chi connectivity index (χ0) is 11.4. The van der Waals surface area contributed by atoms with Gasteiger partial charge in [-0.1, -0.05) is 0 Å². The minimum Gasteiger partial charge on any atom is -0.354 e. The average Bonchev–Trinajstić information content (AvgIpc) is 2.50. The molecule has 7 heteroatoms. The van der Waals surface area contributed by atoms with Gasteiger partial charge in [-0.3, -0.25) is 14.9 Å². The molecule has 0 aromatic heterocycles. The van der Waals surface area contributed by atoms with Crippen LogP contribution in [0.2, 0.25) is 0 Å². The van der Waals surface area contributed by atoms with Crippen LogP contribution < -0.4 is 16.0 Å². The minimum atomic E-state index is -0.765. The molecule has 0 saturated carbocycles. The zero-order valence-electron chi connectivity index (χ0n) is 8.17. The highest BCUT2D eigenvalue weighted by Gasteiger charge is 2.23. The van der Waals surface area contributed by atoms with E-state index in [2.05, 4.69) is 16.0 Å². The molecule has 1 aliphatic rings. The molecule has 1 heterocycles. The summed E-state index contributed by atoms with van der Waals surface area (Å²) in [7, 11) is 0. The quantitative estimate of drug-likeness (QED) is 0.553. The molecule has 4 amide bonds. The number of carbonyl (C=O) groups is 3. The molecule has 0 spiro atoms. The summed E-state index contributed by atoms with van der Waals surface area (Å²) in [4.78, 5) is 33.0. The van der Waals surface area contributed by atoms with Crippen molar-refractivity contribution in [1.82, 2.24) is 16.0 Å². The topological polar surface area (TPSA) is 87.3 Å². The fraction of sp³-hybridized carbons (Fsp3) is 0.625. The highest BCUT2D eigenvalue weighted by molar-refractivity contribution is 6.31. The lowest BCUT2D eigenvalue weighted by Gasteiger charge is -2.11. The molecule has 0 bridgehead atoms. The van der Waals surface area contributed by atoms with Gasteiger partial charge >= 0.3 is 6.03 Å². The molecule has 15 heavy (non-hydrogen) atoms. The molecule has 0 aliphatic carbocycles. The van der Waals surface area contributed by atoms with Crippen molar-refractivity contribution in [2.24, 2.45) is 0 Å². The summed E-state index contributed by atoms with van der Waals surface area (Å²) >= 11 is 5.45. The van der Waals surface area contributed by atoms with Gasteiger partial charge in [0.2, 0.25) is 11.8 Å². The molecule has 3 N–H and O–H groups in total. The predicted molar refractivity (Wildman–Crippen MR) is 53.4 cm³/mol. The predicted octanol–water partition coefficient (Wildman–Crippen LogP) is -0.672. The van der Waals surface area contributed by atoms with Crippen LogP contribution in [0.1, 0.15) is 13.3 Å². The van der Waals surface area contributed by atoms with Crippen molar-refractivity contribution in [3.8, 4) is 0 Å². The lowest BCUT2D eigenvalue weighted by Crippen LogP contribution is -2.46. The summed E-state index contributed by atoms with van der Waals surface area (Å²) < 4.78 is 0. The standard InChI is InChI=1S/C8H12ClN3O3/c1-4(9)7(14)12-8(15)11-5-2-6(13)10-3-5/h4-5H,2-3H2,1H3,(H,10,13)(H2,11,12,14,15). The van der Waals surface area contributed by atoms with Crippen molar-refractivity contribution < 1.29 is 14.4 Å². The second-order valence-electron chi connectivity index (χ2n) is 3.28. The molecule has 2 unspecified atom stereocenters. The zero-order valence-corrected chi connectivity index (χ0v) is 8.93. The number of amides is 4. The van der Waals surface area contributed by atoms with E-state index in [1.165, 1.54) is 6.92 Å². The Morgan fingerprint density at radius 1 is 1.60 bits per heavy atom. The largest absolute Gasteiger partial charge is 0.354 e. The maximum Gasteiger partial charge on any atom is 0.321 e. The van der Waals surface area contributed by atoms with Gasteiger partial charge in [0.05, 0.1) is 6.04 Å². The Bertz CT molecular complexity index is 293. The van der Waals surface area contributed by atoms with Crippen molar-refractivity contribution in [3.05, 3.63) is 0 Å². The molecule has 1 saturated heterocycles. The van der Waals surface area contributed by atoms with Crippen LogP contribution in [0.15, 0.2) is 0 Å². The van der Waals surface area contributed by atoms with Crippen LogP contribution in [0.25, 0.3) is 0 Å². The van der Waals surface area contributed by atoms with Gasteiger partial charge < -0.3 is 10.6 Å². The molecular weight excluding hydrogens is 222 g/mol.